The molecule has 32 heavy (non-hydrogen) atoms. The second-order valence-electron chi connectivity index (χ2n) is 8.50. The van der Waals surface area contributed by atoms with Crippen LogP contribution in [0.2, 0.25) is 5.02 Å². The lowest BCUT2D eigenvalue weighted by Gasteiger charge is -2.31. The first-order chi connectivity index (χ1) is 15.4. The van der Waals surface area contributed by atoms with Crippen LogP contribution in [-0.2, 0) is 20.9 Å². The lowest BCUT2D eigenvalue weighted by molar-refractivity contribution is -0.123. The van der Waals surface area contributed by atoms with Crippen molar-refractivity contribution in [1.82, 2.24) is 4.90 Å². The molecule has 0 bridgehead atoms. The maximum Gasteiger partial charge on any atom is 0.229 e. The molecule has 0 aliphatic carbocycles. The second-order valence-corrected chi connectivity index (χ2v) is 8.94. The molecule has 2 aliphatic heterocycles. The van der Waals surface area contributed by atoms with Gasteiger partial charge in [-0.2, -0.15) is 0 Å². The molecule has 2 fully saturated rings. The SMILES string of the molecule is NC(=O)C1CCCN(Cc2ccccc2NC(=O)C2CC(=O)N(c3ccc(Cl)cc3)C2)C1. The van der Waals surface area contributed by atoms with E-state index in [1.54, 1.807) is 29.2 Å². The number of anilines is 2. The number of carbonyl (C=O) groups is 3. The fraction of sp³-hybridized carbons (Fsp3) is 0.375. The van der Waals surface area contributed by atoms with E-state index in [0.717, 1.165) is 36.3 Å². The van der Waals surface area contributed by atoms with Crippen LogP contribution in [0.3, 0.4) is 0 Å². The highest BCUT2D eigenvalue weighted by Gasteiger charge is 2.35. The summed E-state index contributed by atoms with van der Waals surface area (Å²) in [6.45, 7) is 2.48. The Kier molecular flexibility index (Phi) is 6.77. The lowest BCUT2D eigenvalue weighted by Crippen LogP contribution is -2.40. The van der Waals surface area contributed by atoms with Gasteiger partial charge in [0.2, 0.25) is 17.7 Å². The molecule has 2 heterocycles. The molecule has 0 radical (unpaired) electrons. The van der Waals surface area contributed by atoms with E-state index in [1.165, 1.54) is 0 Å². The van der Waals surface area contributed by atoms with Crippen LogP contribution in [0.5, 0.6) is 0 Å². The molecule has 2 aliphatic rings. The molecule has 3 N–H and O–H groups in total. The molecule has 168 valence electrons. The minimum atomic E-state index is -0.430. The van der Waals surface area contributed by atoms with Gasteiger partial charge in [0.1, 0.15) is 0 Å². The molecule has 2 aromatic carbocycles. The van der Waals surface area contributed by atoms with Gasteiger partial charge in [0.15, 0.2) is 0 Å². The molecule has 0 saturated carbocycles. The number of nitrogens with zero attached hydrogens (tertiary/aromatic N) is 2. The Hall–Kier alpha value is -2.90. The number of amides is 3. The smallest absolute Gasteiger partial charge is 0.229 e. The third-order valence-corrected chi connectivity index (χ3v) is 6.46. The summed E-state index contributed by atoms with van der Waals surface area (Å²) in [4.78, 5) is 40.9. The number of hydrogen-bond acceptors (Lipinski definition) is 4. The van der Waals surface area contributed by atoms with Crippen molar-refractivity contribution < 1.29 is 14.4 Å². The third-order valence-electron chi connectivity index (χ3n) is 6.21. The zero-order chi connectivity index (χ0) is 22.7. The van der Waals surface area contributed by atoms with E-state index < -0.39 is 5.92 Å². The Morgan fingerprint density at radius 2 is 1.81 bits per heavy atom. The maximum atomic E-state index is 13.0. The minimum Gasteiger partial charge on any atom is -0.369 e. The standard InChI is InChI=1S/C24H27ClN4O3/c25-19-7-9-20(10-8-19)29-15-18(12-22(29)30)24(32)27-21-6-2-1-4-16(21)13-28-11-3-5-17(14-28)23(26)31/h1-2,4,6-10,17-18H,3,5,11-15H2,(H2,26,31)(H,27,32). The molecule has 4 rings (SSSR count). The molecule has 8 heteroatoms. The number of piperidine rings is 1. The van der Waals surface area contributed by atoms with Crippen molar-refractivity contribution in [2.45, 2.75) is 25.8 Å². The molecule has 7 nitrogen and oxygen atoms in total. The van der Waals surface area contributed by atoms with Gasteiger partial charge in [0.05, 0.1) is 11.8 Å². The Morgan fingerprint density at radius 3 is 2.56 bits per heavy atom. The van der Waals surface area contributed by atoms with E-state index in [4.69, 9.17) is 17.3 Å². The predicted octanol–water partition coefficient (Wildman–Crippen LogP) is 3.03. The second kappa shape index (κ2) is 9.71. The normalized spacial score (nSPS) is 21.5. The number of hydrogen-bond donors (Lipinski definition) is 2. The van der Waals surface area contributed by atoms with Crippen molar-refractivity contribution in [1.29, 1.82) is 0 Å². The molecule has 2 atom stereocenters. The van der Waals surface area contributed by atoms with E-state index in [-0.39, 0.29) is 30.1 Å². The molecule has 3 amide bonds. The summed E-state index contributed by atoms with van der Waals surface area (Å²) in [6.07, 6.45) is 1.92. The highest BCUT2D eigenvalue weighted by molar-refractivity contribution is 6.30. The average Bonchev–Trinajstić information content (AvgIpc) is 3.17. The van der Waals surface area contributed by atoms with Crippen molar-refractivity contribution in [2.24, 2.45) is 17.6 Å². The number of nitrogens with two attached hydrogens (primary N) is 1. The topological polar surface area (TPSA) is 95.7 Å². The molecule has 2 saturated heterocycles. The Bertz CT molecular complexity index is 1010. The quantitative estimate of drug-likeness (QED) is 0.701. The number of primary amides is 1. The molecular weight excluding hydrogens is 428 g/mol. The van der Waals surface area contributed by atoms with Gasteiger partial charge < -0.3 is 16.0 Å². The Balaban J connectivity index is 1.41. The summed E-state index contributed by atoms with van der Waals surface area (Å²) < 4.78 is 0. The predicted molar refractivity (Wildman–Crippen MR) is 124 cm³/mol. The summed E-state index contributed by atoms with van der Waals surface area (Å²) in [7, 11) is 0. The summed E-state index contributed by atoms with van der Waals surface area (Å²) in [5.41, 5.74) is 7.95. The number of halogens is 1. The van der Waals surface area contributed by atoms with E-state index in [1.807, 2.05) is 24.3 Å². The lowest BCUT2D eigenvalue weighted by atomic mass is 9.97. The van der Waals surface area contributed by atoms with Crippen LogP contribution in [0.4, 0.5) is 11.4 Å². The summed E-state index contributed by atoms with van der Waals surface area (Å²) in [6, 6.07) is 14.7. The first kappa shape index (κ1) is 22.3. The van der Waals surface area contributed by atoms with Gasteiger partial charge in [-0.25, -0.2) is 0 Å². The zero-order valence-corrected chi connectivity index (χ0v) is 18.6. The van der Waals surface area contributed by atoms with Crippen molar-refractivity contribution in [3.63, 3.8) is 0 Å². The van der Waals surface area contributed by atoms with Gasteiger partial charge in [-0.3, -0.25) is 19.3 Å². The Morgan fingerprint density at radius 1 is 1.06 bits per heavy atom. The largest absolute Gasteiger partial charge is 0.369 e. The van der Waals surface area contributed by atoms with Crippen molar-refractivity contribution in [3.8, 4) is 0 Å². The highest BCUT2D eigenvalue weighted by Crippen LogP contribution is 2.28. The summed E-state index contributed by atoms with van der Waals surface area (Å²) in [5.74, 6) is -1.07. The first-order valence-electron chi connectivity index (χ1n) is 10.9. The van der Waals surface area contributed by atoms with Crippen LogP contribution in [0.1, 0.15) is 24.8 Å². The van der Waals surface area contributed by atoms with E-state index in [9.17, 15) is 14.4 Å². The zero-order valence-electron chi connectivity index (χ0n) is 17.8. The summed E-state index contributed by atoms with van der Waals surface area (Å²) in [5, 5.41) is 3.62. The van der Waals surface area contributed by atoms with Gasteiger partial charge >= 0.3 is 0 Å². The van der Waals surface area contributed by atoms with Gasteiger partial charge in [-0.15, -0.1) is 0 Å². The number of nitrogens with one attached hydrogen (secondary N) is 1. The van der Waals surface area contributed by atoms with Gasteiger partial charge in [0, 0.05) is 42.5 Å². The Labute approximate surface area is 192 Å². The van der Waals surface area contributed by atoms with Crippen LogP contribution < -0.4 is 16.0 Å². The fourth-order valence-corrected chi connectivity index (χ4v) is 4.57. The molecule has 0 spiro atoms. The van der Waals surface area contributed by atoms with Crippen molar-refractivity contribution in [2.75, 3.05) is 29.9 Å². The van der Waals surface area contributed by atoms with E-state index in [0.29, 0.717) is 24.7 Å². The van der Waals surface area contributed by atoms with Crippen molar-refractivity contribution >= 4 is 40.7 Å². The number of rotatable bonds is 6. The van der Waals surface area contributed by atoms with Crippen LogP contribution in [-0.4, -0.2) is 42.3 Å². The van der Waals surface area contributed by atoms with Gasteiger partial charge in [-0.1, -0.05) is 29.8 Å². The molecule has 2 aromatic rings. The van der Waals surface area contributed by atoms with Gasteiger partial charge in [0.25, 0.3) is 0 Å². The molecule has 2 unspecified atom stereocenters. The van der Waals surface area contributed by atoms with Crippen LogP contribution in [0, 0.1) is 11.8 Å². The van der Waals surface area contributed by atoms with E-state index >= 15 is 0 Å². The van der Waals surface area contributed by atoms with E-state index in [2.05, 4.69) is 10.2 Å². The highest BCUT2D eigenvalue weighted by atomic mass is 35.5. The van der Waals surface area contributed by atoms with Crippen LogP contribution in [0.15, 0.2) is 48.5 Å². The molecule has 0 aromatic heterocycles. The fourth-order valence-electron chi connectivity index (χ4n) is 4.44. The third kappa shape index (κ3) is 5.11. The van der Waals surface area contributed by atoms with Crippen LogP contribution in [0.25, 0.3) is 0 Å². The maximum absolute atomic E-state index is 13.0. The van der Waals surface area contributed by atoms with Gasteiger partial charge in [-0.05, 0) is 55.3 Å². The van der Waals surface area contributed by atoms with Crippen molar-refractivity contribution in [3.05, 3.63) is 59.1 Å². The molecular formula is C24H27ClN4O3. The number of para-hydroxylation sites is 1. The summed E-state index contributed by atoms with van der Waals surface area (Å²) >= 11 is 5.94. The first-order valence-corrected chi connectivity index (χ1v) is 11.2. The number of benzene rings is 2. The minimum absolute atomic E-state index is 0.0773. The monoisotopic (exact) mass is 454 g/mol. The van der Waals surface area contributed by atoms with Crippen LogP contribution >= 0.6 is 11.6 Å². The number of carbonyl (C=O) groups excluding carboxylic acids is 3. The number of likely N-dealkylation sites (tertiary alicyclic amines) is 1. The average molecular weight is 455 g/mol.